The molecule has 2 aromatic rings. The van der Waals surface area contributed by atoms with Gasteiger partial charge in [-0.25, -0.2) is 23.1 Å². The minimum atomic E-state index is -3.82. The molecule has 7 nitrogen and oxygen atoms in total. The van der Waals surface area contributed by atoms with Crippen LogP contribution in [0.3, 0.4) is 0 Å². The van der Waals surface area contributed by atoms with Crippen LogP contribution in [0.2, 0.25) is 4.47 Å². The zero-order chi connectivity index (χ0) is 14.9. The molecule has 0 aliphatic rings. The molecule has 0 fully saturated rings. The van der Waals surface area contributed by atoms with Gasteiger partial charge >= 0.3 is 0 Å². The summed E-state index contributed by atoms with van der Waals surface area (Å²) < 4.78 is 31.9. The summed E-state index contributed by atoms with van der Waals surface area (Å²) in [6, 6.07) is 1.59. The molecule has 0 saturated heterocycles. The van der Waals surface area contributed by atoms with Crippen LogP contribution in [-0.4, -0.2) is 30.5 Å². The molecule has 0 atom stereocenters. The standard InChI is InChI=1S/C10H11ClN4O3S2/c1-5-4-7(18-3)14-10(12-5)15-20(16,17)8-6(2)13-9(11)19-8/h4H,1-3H3,(H,12,14,15). The number of hydrogen-bond donors (Lipinski definition) is 1. The lowest BCUT2D eigenvalue weighted by molar-refractivity contribution is 0.397. The molecular formula is C10H11ClN4O3S2. The van der Waals surface area contributed by atoms with Crippen LogP contribution in [-0.2, 0) is 10.0 Å². The Hall–Kier alpha value is -1.45. The Morgan fingerprint density at radius 2 is 2.00 bits per heavy atom. The first-order valence-corrected chi connectivity index (χ1v) is 8.05. The predicted octanol–water partition coefficient (Wildman–Crippen LogP) is 2.01. The van der Waals surface area contributed by atoms with Crippen molar-refractivity contribution in [1.82, 2.24) is 15.0 Å². The van der Waals surface area contributed by atoms with Gasteiger partial charge in [0, 0.05) is 11.8 Å². The summed E-state index contributed by atoms with van der Waals surface area (Å²) in [5.41, 5.74) is 0.903. The van der Waals surface area contributed by atoms with Gasteiger partial charge in [-0.3, -0.25) is 0 Å². The zero-order valence-corrected chi connectivity index (χ0v) is 13.2. The van der Waals surface area contributed by atoms with E-state index in [1.165, 1.54) is 7.11 Å². The Morgan fingerprint density at radius 3 is 2.55 bits per heavy atom. The highest BCUT2D eigenvalue weighted by molar-refractivity contribution is 7.94. The summed E-state index contributed by atoms with van der Waals surface area (Å²) in [6.45, 7) is 3.27. The Bertz CT molecular complexity index is 745. The molecule has 0 spiro atoms. The number of ether oxygens (including phenoxy) is 1. The van der Waals surface area contributed by atoms with E-state index in [0.29, 0.717) is 11.4 Å². The molecule has 0 aliphatic carbocycles. The first-order chi connectivity index (χ1) is 9.31. The maximum absolute atomic E-state index is 12.2. The van der Waals surface area contributed by atoms with E-state index in [2.05, 4.69) is 19.7 Å². The van der Waals surface area contributed by atoms with Crippen molar-refractivity contribution in [3.05, 3.63) is 21.9 Å². The average molecular weight is 335 g/mol. The van der Waals surface area contributed by atoms with Crippen molar-refractivity contribution < 1.29 is 13.2 Å². The highest BCUT2D eigenvalue weighted by Crippen LogP contribution is 2.28. The Morgan fingerprint density at radius 1 is 1.30 bits per heavy atom. The Kier molecular flexibility index (Phi) is 4.11. The second kappa shape index (κ2) is 5.51. The fourth-order valence-corrected chi connectivity index (χ4v) is 4.14. The minimum absolute atomic E-state index is 0.0339. The fraction of sp³-hybridized carbons (Fsp3) is 0.300. The van der Waals surface area contributed by atoms with Gasteiger partial charge in [-0.15, -0.1) is 0 Å². The molecule has 2 rings (SSSR count). The van der Waals surface area contributed by atoms with Gasteiger partial charge in [0.2, 0.25) is 11.8 Å². The van der Waals surface area contributed by atoms with Crippen LogP contribution in [0.5, 0.6) is 5.88 Å². The smallest absolute Gasteiger partial charge is 0.275 e. The van der Waals surface area contributed by atoms with Crippen molar-refractivity contribution in [1.29, 1.82) is 0 Å². The molecule has 0 unspecified atom stereocenters. The summed E-state index contributed by atoms with van der Waals surface area (Å²) in [5, 5.41) is 0. The summed E-state index contributed by atoms with van der Waals surface area (Å²) >= 11 is 6.58. The topological polar surface area (TPSA) is 94.1 Å². The SMILES string of the molecule is COc1cc(C)nc(NS(=O)(=O)c2sc(Cl)nc2C)n1. The molecule has 108 valence electrons. The quantitative estimate of drug-likeness (QED) is 0.919. The maximum atomic E-state index is 12.2. The molecule has 0 aliphatic heterocycles. The lowest BCUT2D eigenvalue weighted by Gasteiger charge is -2.07. The van der Waals surface area contributed by atoms with Crippen LogP contribution in [0, 0.1) is 13.8 Å². The van der Waals surface area contributed by atoms with Gasteiger partial charge in [0.15, 0.2) is 8.68 Å². The second-order valence-electron chi connectivity index (χ2n) is 3.82. The van der Waals surface area contributed by atoms with E-state index in [0.717, 1.165) is 11.3 Å². The Balaban J connectivity index is 2.38. The number of nitrogens with zero attached hydrogens (tertiary/aromatic N) is 3. The number of thiazole rings is 1. The van der Waals surface area contributed by atoms with Gasteiger partial charge in [-0.05, 0) is 13.8 Å². The third-order valence-corrected chi connectivity index (χ3v) is 5.44. The Labute approximate surface area is 125 Å². The van der Waals surface area contributed by atoms with Gasteiger partial charge in [0.05, 0.1) is 12.8 Å². The number of nitrogens with one attached hydrogen (secondary N) is 1. The average Bonchev–Trinajstić information content (AvgIpc) is 2.67. The highest BCUT2D eigenvalue weighted by Gasteiger charge is 2.23. The summed E-state index contributed by atoms with van der Waals surface area (Å²) in [5.74, 6) is 0.208. The van der Waals surface area contributed by atoms with Crippen LogP contribution < -0.4 is 9.46 Å². The number of hydrogen-bond acceptors (Lipinski definition) is 7. The number of halogens is 1. The van der Waals surface area contributed by atoms with E-state index in [4.69, 9.17) is 16.3 Å². The molecule has 0 saturated carbocycles. The van der Waals surface area contributed by atoms with E-state index in [9.17, 15) is 8.42 Å². The normalized spacial score (nSPS) is 11.4. The molecule has 10 heteroatoms. The van der Waals surface area contributed by atoms with Crippen molar-refractivity contribution in [3.63, 3.8) is 0 Å². The van der Waals surface area contributed by atoms with Gasteiger partial charge in [-0.2, -0.15) is 4.98 Å². The molecule has 0 amide bonds. The van der Waals surface area contributed by atoms with Crippen molar-refractivity contribution in [2.45, 2.75) is 18.1 Å². The maximum Gasteiger partial charge on any atom is 0.275 e. The summed E-state index contributed by atoms with van der Waals surface area (Å²) in [4.78, 5) is 11.8. The minimum Gasteiger partial charge on any atom is -0.481 e. The molecular weight excluding hydrogens is 324 g/mol. The van der Waals surface area contributed by atoms with Gasteiger partial charge in [0.1, 0.15) is 0 Å². The molecule has 2 aromatic heterocycles. The monoisotopic (exact) mass is 334 g/mol. The zero-order valence-electron chi connectivity index (χ0n) is 10.8. The van der Waals surface area contributed by atoms with E-state index in [1.807, 2.05) is 0 Å². The first kappa shape index (κ1) is 14.9. The molecule has 20 heavy (non-hydrogen) atoms. The lowest BCUT2D eigenvalue weighted by Crippen LogP contribution is -2.15. The van der Waals surface area contributed by atoms with E-state index < -0.39 is 10.0 Å². The van der Waals surface area contributed by atoms with Crippen LogP contribution in [0.1, 0.15) is 11.4 Å². The molecule has 0 bridgehead atoms. The van der Waals surface area contributed by atoms with E-state index >= 15 is 0 Å². The van der Waals surface area contributed by atoms with Crippen molar-refractivity contribution >= 4 is 38.9 Å². The molecule has 0 aromatic carbocycles. The number of rotatable bonds is 4. The van der Waals surface area contributed by atoms with Crippen molar-refractivity contribution in [2.24, 2.45) is 0 Å². The number of methoxy groups -OCH3 is 1. The summed E-state index contributed by atoms with van der Waals surface area (Å²) in [7, 11) is -2.39. The van der Waals surface area contributed by atoms with Crippen molar-refractivity contribution in [3.8, 4) is 5.88 Å². The number of aryl methyl sites for hydroxylation is 2. The van der Waals surface area contributed by atoms with Crippen LogP contribution >= 0.6 is 22.9 Å². The molecule has 0 radical (unpaired) electrons. The third kappa shape index (κ3) is 3.17. The van der Waals surface area contributed by atoms with E-state index in [-0.39, 0.29) is 20.5 Å². The molecule has 2 heterocycles. The van der Waals surface area contributed by atoms with Gasteiger partial charge < -0.3 is 4.74 Å². The van der Waals surface area contributed by atoms with Crippen LogP contribution in [0.4, 0.5) is 5.95 Å². The fourth-order valence-electron chi connectivity index (χ4n) is 1.46. The number of anilines is 1. The highest BCUT2D eigenvalue weighted by atomic mass is 35.5. The second-order valence-corrected chi connectivity index (χ2v) is 7.28. The number of sulfonamides is 1. The first-order valence-electron chi connectivity index (χ1n) is 5.37. The lowest BCUT2D eigenvalue weighted by atomic mass is 10.4. The number of aromatic nitrogens is 3. The van der Waals surface area contributed by atoms with Gasteiger partial charge in [-0.1, -0.05) is 22.9 Å². The van der Waals surface area contributed by atoms with Gasteiger partial charge in [0.25, 0.3) is 10.0 Å². The van der Waals surface area contributed by atoms with Crippen LogP contribution in [0.15, 0.2) is 10.3 Å². The predicted molar refractivity (Wildman–Crippen MR) is 76.0 cm³/mol. The largest absolute Gasteiger partial charge is 0.481 e. The van der Waals surface area contributed by atoms with Crippen molar-refractivity contribution in [2.75, 3.05) is 11.8 Å². The van der Waals surface area contributed by atoms with E-state index in [1.54, 1.807) is 19.9 Å². The third-order valence-electron chi connectivity index (χ3n) is 2.24. The molecule has 1 N–H and O–H groups in total. The summed E-state index contributed by atoms with van der Waals surface area (Å²) in [6.07, 6.45) is 0. The van der Waals surface area contributed by atoms with Crippen LogP contribution in [0.25, 0.3) is 0 Å².